The van der Waals surface area contributed by atoms with Gasteiger partial charge < -0.3 is 4.74 Å². The van der Waals surface area contributed by atoms with Crippen LogP contribution in [0.25, 0.3) is 10.2 Å². The fourth-order valence-electron chi connectivity index (χ4n) is 2.17. The molecule has 24 heavy (non-hydrogen) atoms. The molecule has 7 nitrogen and oxygen atoms in total. The molecule has 0 aliphatic heterocycles. The molecule has 3 aromatic rings. The number of nitro groups is 1. The molecular formula is C15H10FN3O4S. The number of carbonyl (C=O) groups is 1. The predicted octanol–water partition coefficient (Wildman–Crippen LogP) is 3.60. The lowest BCUT2D eigenvalue weighted by atomic mass is 10.1. The summed E-state index contributed by atoms with van der Waals surface area (Å²) in [5.74, 6) is -0.909. The summed E-state index contributed by atoms with van der Waals surface area (Å²) in [6.07, 6.45) is 0. The van der Waals surface area contributed by atoms with Crippen LogP contribution in [-0.2, 0) is 0 Å². The number of carbonyl (C=O) groups excluding carboxylic acids is 1. The highest BCUT2D eigenvalue weighted by molar-refractivity contribution is 7.22. The van der Waals surface area contributed by atoms with Gasteiger partial charge in [-0.3, -0.25) is 20.2 Å². The number of anilines is 1. The summed E-state index contributed by atoms with van der Waals surface area (Å²) >= 11 is 1.05. The van der Waals surface area contributed by atoms with E-state index in [1.807, 2.05) is 0 Å². The first kappa shape index (κ1) is 15.8. The molecule has 0 atom stereocenters. The third-order valence-electron chi connectivity index (χ3n) is 3.21. The number of amides is 1. The number of nitrogens with zero attached hydrogens (tertiary/aromatic N) is 2. The zero-order valence-electron chi connectivity index (χ0n) is 12.3. The molecule has 0 spiro atoms. The molecule has 1 amide bonds. The Balaban J connectivity index is 1.96. The van der Waals surface area contributed by atoms with Gasteiger partial charge in [-0.1, -0.05) is 23.5 Å². The first-order valence-corrected chi connectivity index (χ1v) is 7.50. The van der Waals surface area contributed by atoms with Crippen molar-refractivity contribution in [2.45, 2.75) is 0 Å². The van der Waals surface area contributed by atoms with Crippen molar-refractivity contribution < 1.29 is 18.8 Å². The summed E-state index contributed by atoms with van der Waals surface area (Å²) in [7, 11) is 1.39. The van der Waals surface area contributed by atoms with Crippen LogP contribution >= 0.6 is 11.3 Å². The third-order valence-corrected chi connectivity index (χ3v) is 4.13. The largest absolute Gasteiger partial charge is 0.494 e. The van der Waals surface area contributed by atoms with E-state index >= 15 is 0 Å². The monoisotopic (exact) mass is 347 g/mol. The summed E-state index contributed by atoms with van der Waals surface area (Å²) < 4.78 is 19.1. The Bertz CT molecular complexity index is 957. The number of nitro benzene ring substituents is 1. The van der Waals surface area contributed by atoms with Gasteiger partial charge in [0.25, 0.3) is 11.6 Å². The van der Waals surface area contributed by atoms with Crippen LogP contribution in [-0.4, -0.2) is 22.9 Å². The fraction of sp³-hybridized carbons (Fsp3) is 0.0667. The third kappa shape index (κ3) is 2.88. The SMILES string of the molecule is COc1cc(F)cc2sc(NC(=O)c3ccccc3[N+](=O)[O-])nc12. The van der Waals surface area contributed by atoms with Crippen molar-refractivity contribution in [2.24, 2.45) is 0 Å². The molecule has 1 heterocycles. The van der Waals surface area contributed by atoms with E-state index < -0.39 is 16.6 Å². The van der Waals surface area contributed by atoms with Crippen molar-refractivity contribution in [2.75, 3.05) is 12.4 Å². The van der Waals surface area contributed by atoms with Gasteiger partial charge in [0.1, 0.15) is 22.6 Å². The molecule has 9 heteroatoms. The number of fused-ring (bicyclic) bond motifs is 1. The van der Waals surface area contributed by atoms with Crippen molar-refractivity contribution in [3.8, 4) is 5.75 Å². The predicted molar refractivity (Wildman–Crippen MR) is 87.2 cm³/mol. The average Bonchev–Trinajstić information content (AvgIpc) is 2.95. The first-order valence-electron chi connectivity index (χ1n) is 6.68. The number of aromatic nitrogens is 1. The van der Waals surface area contributed by atoms with Crippen LogP contribution in [0.4, 0.5) is 15.2 Å². The van der Waals surface area contributed by atoms with E-state index in [1.165, 1.54) is 43.5 Å². The second-order valence-electron chi connectivity index (χ2n) is 4.70. The molecule has 1 aromatic heterocycles. The number of hydrogen-bond acceptors (Lipinski definition) is 6. The smallest absolute Gasteiger partial charge is 0.282 e. The minimum atomic E-state index is -0.666. The van der Waals surface area contributed by atoms with Crippen LogP contribution in [0.2, 0.25) is 0 Å². The van der Waals surface area contributed by atoms with Crippen molar-refractivity contribution in [1.29, 1.82) is 0 Å². The van der Waals surface area contributed by atoms with E-state index in [0.717, 1.165) is 11.3 Å². The molecule has 0 bridgehead atoms. The fourth-order valence-corrected chi connectivity index (χ4v) is 3.07. The molecule has 0 saturated heterocycles. The number of halogens is 1. The van der Waals surface area contributed by atoms with Crippen molar-refractivity contribution >= 4 is 38.3 Å². The van der Waals surface area contributed by atoms with E-state index in [-0.39, 0.29) is 22.1 Å². The standard InChI is InChI=1S/C15H10FN3O4S/c1-23-11-6-8(16)7-12-13(11)17-15(24-12)18-14(20)9-4-2-3-5-10(9)19(21)22/h2-7H,1H3,(H,17,18,20). The number of ether oxygens (including phenoxy) is 1. The summed E-state index contributed by atoms with van der Waals surface area (Å²) in [5.41, 5.74) is 0.0152. The molecule has 1 N–H and O–H groups in total. The maximum atomic E-state index is 13.5. The lowest BCUT2D eigenvalue weighted by Crippen LogP contribution is -2.13. The number of para-hydroxylation sites is 1. The minimum Gasteiger partial charge on any atom is -0.494 e. The van der Waals surface area contributed by atoms with Gasteiger partial charge in [0.05, 0.1) is 16.7 Å². The summed E-state index contributed by atoms with van der Waals surface area (Å²) in [6, 6.07) is 8.05. The maximum Gasteiger partial charge on any atom is 0.282 e. The Kier molecular flexibility index (Phi) is 4.09. The van der Waals surface area contributed by atoms with Gasteiger partial charge in [-0.05, 0) is 12.1 Å². The van der Waals surface area contributed by atoms with Gasteiger partial charge in [-0.2, -0.15) is 0 Å². The quantitative estimate of drug-likeness (QED) is 0.575. The second-order valence-corrected chi connectivity index (χ2v) is 5.73. The van der Waals surface area contributed by atoms with E-state index in [0.29, 0.717) is 10.2 Å². The number of hydrogen-bond donors (Lipinski definition) is 1. The normalized spacial score (nSPS) is 10.6. The Morgan fingerprint density at radius 3 is 2.83 bits per heavy atom. The molecular weight excluding hydrogens is 337 g/mol. The van der Waals surface area contributed by atoms with Gasteiger partial charge in [0.2, 0.25) is 0 Å². The van der Waals surface area contributed by atoms with Crippen molar-refractivity contribution in [3.63, 3.8) is 0 Å². The zero-order valence-corrected chi connectivity index (χ0v) is 13.1. The van der Waals surface area contributed by atoms with Crippen LogP contribution in [0, 0.1) is 15.9 Å². The number of thiazole rings is 1. The van der Waals surface area contributed by atoms with Gasteiger partial charge in [-0.25, -0.2) is 9.37 Å². The van der Waals surface area contributed by atoms with Crippen LogP contribution in [0.1, 0.15) is 10.4 Å². The van der Waals surface area contributed by atoms with Crippen molar-refractivity contribution in [1.82, 2.24) is 4.98 Å². The topological polar surface area (TPSA) is 94.4 Å². The highest BCUT2D eigenvalue weighted by Crippen LogP contribution is 2.33. The summed E-state index contributed by atoms with van der Waals surface area (Å²) in [6.45, 7) is 0. The van der Waals surface area contributed by atoms with Gasteiger partial charge >= 0.3 is 0 Å². The average molecular weight is 347 g/mol. The maximum absolute atomic E-state index is 13.5. The Morgan fingerprint density at radius 1 is 1.38 bits per heavy atom. The molecule has 3 rings (SSSR count). The van der Waals surface area contributed by atoms with Gasteiger partial charge in [0.15, 0.2) is 5.13 Å². The van der Waals surface area contributed by atoms with Crippen LogP contribution in [0.5, 0.6) is 5.75 Å². The molecule has 122 valence electrons. The molecule has 0 fully saturated rings. The lowest BCUT2D eigenvalue weighted by Gasteiger charge is -2.02. The Labute approximate surface area is 138 Å². The van der Waals surface area contributed by atoms with Gasteiger partial charge in [0, 0.05) is 12.1 Å². The number of nitrogens with one attached hydrogen (secondary N) is 1. The zero-order chi connectivity index (χ0) is 17.3. The summed E-state index contributed by atoms with van der Waals surface area (Å²) in [4.78, 5) is 26.8. The number of benzene rings is 2. The van der Waals surface area contributed by atoms with Crippen LogP contribution in [0.3, 0.4) is 0 Å². The van der Waals surface area contributed by atoms with Crippen molar-refractivity contribution in [3.05, 3.63) is 57.9 Å². The molecule has 0 unspecified atom stereocenters. The van der Waals surface area contributed by atoms with E-state index in [4.69, 9.17) is 4.74 Å². The first-order chi connectivity index (χ1) is 11.5. The van der Waals surface area contributed by atoms with Crippen LogP contribution < -0.4 is 10.1 Å². The lowest BCUT2D eigenvalue weighted by molar-refractivity contribution is -0.385. The van der Waals surface area contributed by atoms with E-state index in [1.54, 1.807) is 0 Å². The highest BCUT2D eigenvalue weighted by atomic mass is 32.1. The highest BCUT2D eigenvalue weighted by Gasteiger charge is 2.21. The van der Waals surface area contributed by atoms with Gasteiger partial charge in [-0.15, -0.1) is 0 Å². The number of rotatable bonds is 4. The molecule has 0 saturated carbocycles. The summed E-state index contributed by atoms with van der Waals surface area (Å²) in [5, 5.41) is 13.7. The number of methoxy groups -OCH3 is 1. The van der Waals surface area contributed by atoms with E-state index in [2.05, 4.69) is 10.3 Å². The Hall–Kier alpha value is -3.07. The Morgan fingerprint density at radius 2 is 2.12 bits per heavy atom. The van der Waals surface area contributed by atoms with E-state index in [9.17, 15) is 19.3 Å². The molecule has 0 aliphatic rings. The molecule has 0 aliphatic carbocycles. The molecule has 2 aromatic carbocycles. The molecule has 0 radical (unpaired) electrons. The second kappa shape index (κ2) is 6.20. The minimum absolute atomic E-state index is 0.0834. The van der Waals surface area contributed by atoms with Crippen LogP contribution in [0.15, 0.2) is 36.4 Å².